The molecule has 1 saturated heterocycles. The molecule has 0 bridgehead atoms. The highest BCUT2D eigenvalue weighted by Gasteiger charge is 2.40. The summed E-state index contributed by atoms with van der Waals surface area (Å²) in [6.07, 6.45) is 5.14. The van der Waals surface area contributed by atoms with Crippen LogP contribution in [-0.2, 0) is 14.3 Å². The summed E-state index contributed by atoms with van der Waals surface area (Å²) in [6.45, 7) is 4.98. The molecule has 0 saturated carbocycles. The van der Waals surface area contributed by atoms with Crippen LogP contribution in [0, 0.1) is 5.41 Å². The largest absolute Gasteiger partial charge is 0.466 e. The van der Waals surface area contributed by atoms with Crippen LogP contribution in [-0.4, -0.2) is 25.0 Å². The highest BCUT2D eigenvalue weighted by molar-refractivity contribution is 5.81. The van der Waals surface area contributed by atoms with Gasteiger partial charge in [-0.1, -0.05) is 26.2 Å². The Morgan fingerprint density at radius 3 is 2.71 bits per heavy atom. The molecule has 4 heteroatoms. The zero-order valence-electron chi connectivity index (χ0n) is 10.9. The lowest BCUT2D eigenvalue weighted by atomic mass is 9.78. The van der Waals surface area contributed by atoms with E-state index in [1.54, 1.807) is 6.92 Å². The number of carbonyl (C=O) groups excluding carboxylic acids is 2. The molecular weight excluding hydrogens is 218 g/mol. The van der Waals surface area contributed by atoms with Crippen molar-refractivity contribution in [3.63, 3.8) is 0 Å². The molecule has 1 rings (SSSR count). The van der Waals surface area contributed by atoms with Gasteiger partial charge in [-0.25, -0.2) is 0 Å². The van der Waals surface area contributed by atoms with E-state index >= 15 is 0 Å². The van der Waals surface area contributed by atoms with Gasteiger partial charge < -0.3 is 10.1 Å². The average Bonchev–Trinajstić information content (AvgIpc) is 2.61. The van der Waals surface area contributed by atoms with Gasteiger partial charge in [0.1, 0.15) is 0 Å². The van der Waals surface area contributed by atoms with E-state index in [2.05, 4.69) is 12.2 Å². The minimum absolute atomic E-state index is 0.0609. The highest BCUT2D eigenvalue weighted by atomic mass is 16.5. The summed E-state index contributed by atoms with van der Waals surface area (Å²) in [6, 6.07) is 0. The first-order valence-electron chi connectivity index (χ1n) is 6.54. The molecule has 1 unspecified atom stereocenters. The van der Waals surface area contributed by atoms with Crippen molar-refractivity contribution in [3.05, 3.63) is 0 Å². The molecular formula is C13H23NO3. The van der Waals surface area contributed by atoms with E-state index in [1.165, 1.54) is 0 Å². The van der Waals surface area contributed by atoms with E-state index in [-0.39, 0.29) is 17.3 Å². The third-order valence-electron chi connectivity index (χ3n) is 3.33. The number of esters is 1. The van der Waals surface area contributed by atoms with E-state index in [1.807, 2.05) is 0 Å². The second-order valence-corrected chi connectivity index (χ2v) is 4.89. The van der Waals surface area contributed by atoms with Crippen molar-refractivity contribution < 1.29 is 14.3 Å². The second kappa shape index (κ2) is 6.62. The van der Waals surface area contributed by atoms with Crippen LogP contribution in [0.2, 0.25) is 0 Å². The van der Waals surface area contributed by atoms with Crippen molar-refractivity contribution in [2.75, 3.05) is 13.2 Å². The molecule has 0 aromatic rings. The molecule has 1 fully saturated rings. The Morgan fingerprint density at radius 2 is 2.18 bits per heavy atom. The first kappa shape index (κ1) is 14.0. The fourth-order valence-corrected chi connectivity index (χ4v) is 2.41. The maximum atomic E-state index is 11.6. The minimum atomic E-state index is -0.196. The van der Waals surface area contributed by atoms with Crippen molar-refractivity contribution in [2.45, 2.75) is 52.4 Å². The molecule has 1 heterocycles. The SMILES string of the molecule is CCCCCC1(CC(=O)OCC)CNC(=O)C1. The molecule has 4 nitrogen and oxygen atoms in total. The van der Waals surface area contributed by atoms with E-state index in [9.17, 15) is 9.59 Å². The van der Waals surface area contributed by atoms with Crippen LogP contribution in [0.4, 0.5) is 0 Å². The number of nitrogens with one attached hydrogen (secondary N) is 1. The number of unbranched alkanes of at least 4 members (excludes halogenated alkanes) is 2. The summed E-state index contributed by atoms with van der Waals surface area (Å²) in [7, 11) is 0. The summed E-state index contributed by atoms with van der Waals surface area (Å²) in [5, 5.41) is 2.84. The van der Waals surface area contributed by atoms with Gasteiger partial charge >= 0.3 is 5.97 Å². The van der Waals surface area contributed by atoms with Crippen molar-refractivity contribution in [2.24, 2.45) is 5.41 Å². The van der Waals surface area contributed by atoms with Crippen molar-refractivity contribution >= 4 is 11.9 Å². The Labute approximate surface area is 103 Å². The fraction of sp³-hybridized carbons (Fsp3) is 0.846. The molecule has 1 aliphatic rings. The standard InChI is InChI=1S/C13H23NO3/c1-3-5-6-7-13(8-11(15)14-10-13)9-12(16)17-4-2/h3-10H2,1-2H3,(H,14,15). The zero-order chi connectivity index (χ0) is 12.7. The first-order valence-corrected chi connectivity index (χ1v) is 6.54. The van der Waals surface area contributed by atoms with E-state index in [0.29, 0.717) is 26.0 Å². The zero-order valence-corrected chi connectivity index (χ0v) is 10.9. The van der Waals surface area contributed by atoms with Gasteiger partial charge in [-0.3, -0.25) is 9.59 Å². The molecule has 1 N–H and O–H groups in total. The predicted molar refractivity (Wildman–Crippen MR) is 65.5 cm³/mol. The van der Waals surface area contributed by atoms with Crippen molar-refractivity contribution in [1.82, 2.24) is 5.32 Å². The number of hydrogen-bond acceptors (Lipinski definition) is 3. The normalized spacial score (nSPS) is 23.5. The predicted octanol–water partition coefficient (Wildman–Crippen LogP) is 2.03. The van der Waals surface area contributed by atoms with E-state index in [4.69, 9.17) is 4.74 Å². The Morgan fingerprint density at radius 1 is 1.41 bits per heavy atom. The lowest BCUT2D eigenvalue weighted by molar-refractivity contribution is -0.145. The third kappa shape index (κ3) is 4.36. The molecule has 1 amide bonds. The van der Waals surface area contributed by atoms with Gasteiger partial charge in [0.05, 0.1) is 13.0 Å². The third-order valence-corrected chi connectivity index (χ3v) is 3.33. The van der Waals surface area contributed by atoms with Crippen LogP contribution in [0.15, 0.2) is 0 Å². The lowest BCUT2D eigenvalue weighted by Crippen LogP contribution is -2.28. The average molecular weight is 241 g/mol. The van der Waals surface area contributed by atoms with Gasteiger partial charge in [0.25, 0.3) is 0 Å². The van der Waals surface area contributed by atoms with Gasteiger partial charge in [-0.15, -0.1) is 0 Å². The van der Waals surface area contributed by atoms with Crippen LogP contribution in [0.25, 0.3) is 0 Å². The molecule has 0 aromatic carbocycles. The molecule has 17 heavy (non-hydrogen) atoms. The number of ether oxygens (including phenoxy) is 1. The Bertz CT molecular complexity index is 278. The lowest BCUT2D eigenvalue weighted by Gasteiger charge is -2.25. The van der Waals surface area contributed by atoms with Crippen LogP contribution in [0.1, 0.15) is 52.4 Å². The van der Waals surface area contributed by atoms with Crippen molar-refractivity contribution in [1.29, 1.82) is 0 Å². The number of hydrogen-bond donors (Lipinski definition) is 1. The first-order chi connectivity index (χ1) is 8.12. The Hall–Kier alpha value is -1.06. The molecule has 1 aliphatic heterocycles. The molecule has 98 valence electrons. The smallest absolute Gasteiger partial charge is 0.306 e. The minimum Gasteiger partial charge on any atom is -0.466 e. The van der Waals surface area contributed by atoms with Gasteiger partial charge in [-0.2, -0.15) is 0 Å². The second-order valence-electron chi connectivity index (χ2n) is 4.89. The summed E-state index contributed by atoms with van der Waals surface area (Å²) in [5.41, 5.74) is -0.196. The molecule has 1 atom stereocenters. The number of carbonyl (C=O) groups is 2. The summed E-state index contributed by atoms with van der Waals surface area (Å²) >= 11 is 0. The van der Waals surface area contributed by atoms with Crippen LogP contribution < -0.4 is 5.32 Å². The highest BCUT2D eigenvalue weighted by Crippen LogP contribution is 2.36. The molecule has 0 aromatic heterocycles. The van der Waals surface area contributed by atoms with Crippen LogP contribution in [0.3, 0.4) is 0 Å². The number of rotatable bonds is 7. The molecule has 0 radical (unpaired) electrons. The quantitative estimate of drug-likeness (QED) is 0.548. The summed E-state index contributed by atoms with van der Waals surface area (Å²) < 4.78 is 4.99. The van der Waals surface area contributed by atoms with Gasteiger partial charge in [-0.05, 0) is 13.3 Å². The Kier molecular flexibility index (Phi) is 5.45. The topological polar surface area (TPSA) is 55.4 Å². The van der Waals surface area contributed by atoms with E-state index < -0.39 is 0 Å². The fourth-order valence-electron chi connectivity index (χ4n) is 2.41. The molecule has 0 aliphatic carbocycles. The number of amides is 1. The van der Waals surface area contributed by atoms with Crippen LogP contribution >= 0.6 is 0 Å². The maximum Gasteiger partial charge on any atom is 0.306 e. The van der Waals surface area contributed by atoms with Gasteiger partial charge in [0.15, 0.2) is 0 Å². The van der Waals surface area contributed by atoms with Crippen molar-refractivity contribution in [3.8, 4) is 0 Å². The maximum absolute atomic E-state index is 11.6. The Balaban J connectivity index is 2.53. The molecule has 0 spiro atoms. The van der Waals surface area contributed by atoms with E-state index in [0.717, 1.165) is 25.7 Å². The van der Waals surface area contributed by atoms with Gasteiger partial charge in [0.2, 0.25) is 5.91 Å². The summed E-state index contributed by atoms with van der Waals surface area (Å²) in [4.78, 5) is 22.9. The van der Waals surface area contributed by atoms with Gasteiger partial charge in [0, 0.05) is 18.4 Å². The monoisotopic (exact) mass is 241 g/mol. The summed E-state index contributed by atoms with van der Waals surface area (Å²) in [5.74, 6) is -0.119. The van der Waals surface area contributed by atoms with Crippen LogP contribution in [0.5, 0.6) is 0 Å².